The first-order valence-corrected chi connectivity index (χ1v) is 8.81. The van der Waals surface area contributed by atoms with E-state index in [1.807, 2.05) is 32.1 Å². The van der Waals surface area contributed by atoms with Crippen LogP contribution in [0.2, 0.25) is 0 Å². The molecule has 0 aliphatic heterocycles. The summed E-state index contributed by atoms with van der Waals surface area (Å²) in [6.45, 7) is 5.79. The molecule has 0 aromatic heterocycles. The minimum atomic E-state index is -0.157. The number of aliphatic imine (C=N–C) groups is 1. The molecule has 1 rings (SSSR count). The van der Waals surface area contributed by atoms with Crippen LogP contribution in [0.3, 0.4) is 0 Å². The lowest BCUT2D eigenvalue weighted by molar-refractivity contribution is -0.116. The average Bonchev–Trinajstić information content (AvgIpc) is 2.65. The van der Waals surface area contributed by atoms with Gasteiger partial charge in [0.05, 0.1) is 20.8 Å². The van der Waals surface area contributed by atoms with Gasteiger partial charge in [0.2, 0.25) is 5.91 Å². The van der Waals surface area contributed by atoms with E-state index in [2.05, 4.69) is 15.6 Å². The van der Waals surface area contributed by atoms with E-state index in [0.717, 1.165) is 12.0 Å². The van der Waals surface area contributed by atoms with Gasteiger partial charge in [0.15, 0.2) is 17.5 Å². The van der Waals surface area contributed by atoms with E-state index >= 15 is 0 Å². The van der Waals surface area contributed by atoms with Crippen LogP contribution in [0.1, 0.15) is 25.8 Å². The van der Waals surface area contributed by atoms with Crippen LogP contribution in [0.4, 0.5) is 0 Å². The summed E-state index contributed by atoms with van der Waals surface area (Å²) in [4.78, 5) is 16.0. The van der Waals surface area contributed by atoms with Crippen molar-refractivity contribution in [3.05, 3.63) is 41.5 Å². The number of hydrogen-bond donors (Lipinski definition) is 3. The van der Waals surface area contributed by atoms with E-state index in [0.29, 0.717) is 37.1 Å². The van der Waals surface area contributed by atoms with Crippen molar-refractivity contribution in [3.63, 3.8) is 0 Å². The monoisotopic (exact) mass is 374 g/mol. The van der Waals surface area contributed by atoms with Crippen LogP contribution in [-0.4, -0.2) is 45.7 Å². The number of nitrogens with two attached hydrogens (primary N) is 1. The van der Waals surface area contributed by atoms with Gasteiger partial charge < -0.3 is 25.8 Å². The van der Waals surface area contributed by atoms with Crippen LogP contribution in [-0.2, 0) is 4.79 Å². The molecule has 7 heteroatoms. The maximum atomic E-state index is 11.9. The Balaban J connectivity index is 2.31. The Morgan fingerprint density at radius 3 is 2.52 bits per heavy atom. The van der Waals surface area contributed by atoms with Crippen LogP contribution in [0.5, 0.6) is 11.5 Å². The third kappa shape index (κ3) is 9.34. The minimum absolute atomic E-state index is 0.157. The molecule has 0 saturated carbocycles. The lowest BCUT2D eigenvalue weighted by atomic mass is 10.2. The lowest BCUT2D eigenvalue weighted by Crippen LogP contribution is -2.34. The minimum Gasteiger partial charge on any atom is -0.493 e. The molecule has 0 fully saturated rings. The van der Waals surface area contributed by atoms with Crippen molar-refractivity contribution in [2.45, 2.75) is 20.3 Å². The van der Waals surface area contributed by atoms with Crippen molar-refractivity contribution in [3.8, 4) is 11.5 Å². The Kier molecular flexibility index (Phi) is 10.1. The number of benzene rings is 1. The SMILES string of the molecule is COc1ccc(C=CC(=O)NCCCNC(N)=NCC=C(C)C)cc1OC. The number of rotatable bonds is 10. The standard InChI is InChI=1S/C20H30N4O3/c1-15(2)10-13-24-20(21)23-12-5-11-22-19(25)9-7-16-6-8-17(26-3)18(14-16)27-4/h6-10,14H,5,11-13H2,1-4H3,(H,22,25)(H3,21,23,24). The highest BCUT2D eigenvalue weighted by Crippen LogP contribution is 2.27. The van der Waals surface area contributed by atoms with Gasteiger partial charge in [-0.25, -0.2) is 4.99 Å². The highest BCUT2D eigenvalue weighted by molar-refractivity contribution is 5.91. The van der Waals surface area contributed by atoms with Gasteiger partial charge in [0, 0.05) is 19.2 Å². The molecule has 0 saturated heterocycles. The van der Waals surface area contributed by atoms with Crippen LogP contribution < -0.4 is 25.8 Å². The topological polar surface area (TPSA) is 98.0 Å². The number of amides is 1. The quantitative estimate of drug-likeness (QED) is 0.192. The van der Waals surface area contributed by atoms with Gasteiger partial charge in [-0.2, -0.15) is 0 Å². The fourth-order valence-corrected chi connectivity index (χ4v) is 2.09. The van der Waals surface area contributed by atoms with Gasteiger partial charge in [-0.3, -0.25) is 4.79 Å². The number of guanidine groups is 1. The molecular formula is C20H30N4O3. The number of allylic oxidation sites excluding steroid dienone is 1. The summed E-state index contributed by atoms with van der Waals surface area (Å²) in [6, 6.07) is 5.46. The molecule has 27 heavy (non-hydrogen) atoms. The molecule has 0 spiro atoms. The number of carbonyl (C=O) groups excluding carboxylic acids is 1. The molecule has 4 N–H and O–H groups in total. The van der Waals surface area contributed by atoms with E-state index in [1.54, 1.807) is 26.4 Å². The highest BCUT2D eigenvalue weighted by atomic mass is 16.5. The fraction of sp³-hybridized carbons (Fsp3) is 0.400. The van der Waals surface area contributed by atoms with Gasteiger partial charge in [-0.15, -0.1) is 0 Å². The third-order valence-electron chi connectivity index (χ3n) is 3.55. The van der Waals surface area contributed by atoms with Crippen molar-refractivity contribution in [2.24, 2.45) is 10.7 Å². The molecule has 0 bridgehead atoms. The predicted molar refractivity (Wildman–Crippen MR) is 110 cm³/mol. The first kappa shape index (κ1) is 22.1. The molecule has 0 aliphatic carbocycles. The number of methoxy groups -OCH3 is 2. The van der Waals surface area contributed by atoms with Crippen molar-refractivity contribution < 1.29 is 14.3 Å². The van der Waals surface area contributed by atoms with E-state index in [1.165, 1.54) is 11.6 Å². The summed E-state index contributed by atoms with van der Waals surface area (Å²) in [7, 11) is 3.16. The molecule has 148 valence electrons. The zero-order chi connectivity index (χ0) is 20.1. The normalized spacial score (nSPS) is 11.2. The van der Waals surface area contributed by atoms with Crippen LogP contribution >= 0.6 is 0 Å². The summed E-state index contributed by atoms with van der Waals surface area (Å²) in [5.74, 6) is 1.52. The van der Waals surface area contributed by atoms with Gasteiger partial charge >= 0.3 is 0 Å². The van der Waals surface area contributed by atoms with Gasteiger partial charge in [0.1, 0.15) is 0 Å². The molecule has 1 aromatic rings. The van der Waals surface area contributed by atoms with E-state index in [9.17, 15) is 4.79 Å². The number of nitrogens with zero attached hydrogens (tertiary/aromatic N) is 1. The maximum Gasteiger partial charge on any atom is 0.244 e. The first-order valence-electron chi connectivity index (χ1n) is 8.81. The second-order valence-electron chi connectivity index (χ2n) is 6.03. The van der Waals surface area contributed by atoms with E-state index in [4.69, 9.17) is 15.2 Å². The third-order valence-corrected chi connectivity index (χ3v) is 3.55. The molecule has 0 heterocycles. The van der Waals surface area contributed by atoms with Crippen molar-refractivity contribution in [2.75, 3.05) is 33.9 Å². The summed E-state index contributed by atoms with van der Waals surface area (Å²) in [5, 5.41) is 5.84. The lowest BCUT2D eigenvalue weighted by Gasteiger charge is -2.07. The zero-order valence-electron chi connectivity index (χ0n) is 16.5. The Bertz CT molecular complexity index is 692. The Morgan fingerprint density at radius 2 is 1.85 bits per heavy atom. The van der Waals surface area contributed by atoms with Crippen molar-refractivity contribution >= 4 is 17.9 Å². The number of ether oxygens (including phenoxy) is 2. The molecule has 0 aliphatic rings. The van der Waals surface area contributed by atoms with Gasteiger partial charge in [-0.05, 0) is 44.0 Å². The Morgan fingerprint density at radius 1 is 1.15 bits per heavy atom. The first-order chi connectivity index (χ1) is 13.0. The van der Waals surface area contributed by atoms with E-state index < -0.39 is 0 Å². The van der Waals surface area contributed by atoms with Crippen LogP contribution in [0.25, 0.3) is 6.08 Å². The van der Waals surface area contributed by atoms with Gasteiger partial charge in [0.25, 0.3) is 0 Å². The summed E-state index contributed by atoms with van der Waals surface area (Å²) < 4.78 is 10.4. The second kappa shape index (κ2) is 12.4. The highest BCUT2D eigenvalue weighted by Gasteiger charge is 2.03. The zero-order valence-corrected chi connectivity index (χ0v) is 16.5. The summed E-state index contributed by atoms with van der Waals surface area (Å²) >= 11 is 0. The Labute approximate surface area is 161 Å². The molecule has 0 radical (unpaired) electrons. The number of nitrogens with one attached hydrogen (secondary N) is 2. The average molecular weight is 374 g/mol. The van der Waals surface area contributed by atoms with E-state index in [-0.39, 0.29) is 5.91 Å². The van der Waals surface area contributed by atoms with Gasteiger partial charge in [-0.1, -0.05) is 17.7 Å². The number of hydrogen-bond acceptors (Lipinski definition) is 4. The van der Waals surface area contributed by atoms with Crippen LogP contribution in [0, 0.1) is 0 Å². The maximum absolute atomic E-state index is 11.9. The molecule has 0 unspecified atom stereocenters. The smallest absolute Gasteiger partial charge is 0.244 e. The molecule has 7 nitrogen and oxygen atoms in total. The largest absolute Gasteiger partial charge is 0.493 e. The van der Waals surface area contributed by atoms with Crippen molar-refractivity contribution in [1.82, 2.24) is 10.6 Å². The van der Waals surface area contributed by atoms with Crippen LogP contribution in [0.15, 0.2) is 40.9 Å². The molecule has 0 atom stereocenters. The van der Waals surface area contributed by atoms with Crippen molar-refractivity contribution in [1.29, 1.82) is 0 Å². The fourth-order valence-electron chi connectivity index (χ4n) is 2.09. The molecule has 1 amide bonds. The Hall–Kier alpha value is -2.96. The predicted octanol–water partition coefficient (Wildman–Crippen LogP) is 2.09. The summed E-state index contributed by atoms with van der Waals surface area (Å²) in [5.41, 5.74) is 7.81. The summed E-state index contributed by atoms with van der Waals surface area (Å²) in [6.07, 6.45) is 5.96. The molecule has 1 aromatic carbocycles. The molecular weight excluding hydrogens is 344 g/mol. The number of carbonyl (C=O) groups is 1. The second-order valence-corrected chi connectivity index (χ2v) is 6.03.